The molecule has 4 rings (SSSR count). The Labute approximate surface area is 185 Å². The number of aromatic nitrogens is 3. The van der Waals surface area contributed by atoms with E-state index in [0.29, 0.717) is 8.58 Å². The van der Waals surface area contributed by atoms with E-state index >= 15 is 0 Å². The molecule has 2 aliphatic heterocycles. The largest absolute Gasteiger partial charge is 0.369 e. The topological polar surface area (TPSA) is 65.8 Å². The van der Waals surface area contributed by atoms with Gasteiger partial charge >= 0.3 is 0 Å². The quantitative estimate of drug-likeness (QED) is 0.425. The maximum atomic E-state index is 11.4. The normalized spacial score (nSPS) is 20.5. The number of nitrogens with zero attached hydrogens (tertiary/aromatic N) is 5. The summed E-state index contributed by atoms with van der Waals surface area (Å²) in [5, 5.41) is 9.20. The van der Waals surface area contributed by atoms with Crippen LogP contribution in [0.5, 0.6) is 0 Å². The number of hydrogen-bond donors (Lipinski definition) is 1. The van der Waals surface area contributed by atoms with E-state index < -0.39 is 0 Å². The van der Waals surface area contributed by atoms with Crippen molar-refractivity contribution in [2.45, 2.75) is 32.5 Å². The molecular weight excluding hydrogens is 407 g/mol. The number of allylic oxidation sites excluding steroid dienone is 2. The second-order valence-corrected chi connectivity index (χ2v) is 9.44. The summed E-state index contributed by atoms with van der Waals surface area (Å²) >= 11 is 0. The molecule has 2 unspecified atom stereocenters. The zero-order valence-electron chi connectivity index (χ0n) is 18.5. The summed E-state index contributed by atoms with van der Waals surface area (Å²) in [4.78, 5) is 20.8. The van der Waals surface area contributed by atoms with Crippen molar-refractivity contribution >= 4 is 25.7 Å². The van der Waals surface area contributed by atoms with Gasteiger partial charge in [-0.15, -0.1) is 0 Å². The van der Waals surface area contributed by atoms with Gasteiger partial charge in [0.05, 0.1) is 40.3 Å². The van der Waals surface area contributed by atoms with Gasteiger partial charge in [-0.05, 0) is 44.5 Å². The van der Waals surface area contributed by atoms with Crippen LogP contribution < -0.4 is 5.32 Å². The Hall–Kier alpha value is -2.50. The molecule has 0 aromatic carbocycles. The standard InChI is InChI=1S/C23H31N6OP/c1-4-19-21-14-20(26-29(21)15-17(2)25-19)22(8-13-30)31-23-7-6-18(16-27(23)3)28-11-5-9-24-10-12-28/h6-8,13-16,23-24,31H,4-5,9-12H2,1-3H3/b22-8-. The zero-order valence-corrected chi connectivity index (χ0v) is 19.5. The number of carbonyl (C=O) groups excluding carboxylic acids is 1. The van der Waals surface area contributed by atoms with Crippen LogP contribution in [-0.4, -0.2) is 69.7 Å². The van der Waals surface area contributed by atoms with E-state index in [-0.39, 0.29) is 5.78 Å². The second-order valence-electron chi connectivity index (χ2n) is 8.02. The number of nitrogens with one attached hydrogen (secondary N) is 1. The molecule has 7 nitrogen and oxygen atoms in total. The average Bonchev–Trinajstić information content (AvgIpc) is 2.99. The van der Waals surface area contributed by atoms with E-state index in [4.69, 9.17) is 5.10 Å². The minimum atomic E-state index is 0.204. The number of rotatable bonds is 6. The number of carbonyl (C=O) groups is 1. The van der Waals surface area contributed by atoms with Crippen molar-refractivity contribution in [1.29, 1.82) is 0 Å². The summed E-state index contributed by atoms with van der Waals surface area (Å²) < 4.78 is 1.89. The van der Waals surface area contributed by atoms with Gasteiger partial charge in [-0.2, -0.15) is 5.10 Å². The van der Waals surface area contributed by atoms with Gasteiger partial charge in [-0.25, -0.2) is 4.52 Å². The SMILES string of the molecule is CCc1nc(C)cn2nc(/C(=C/C=O)PC3C=CC(N4CCCNCC4)=CN3C)cc12. The molecule has 2 atom stereocenters. The lowest BCUT2D eigenvalue weighted by atomic mass is 10.2. The van der Waals surface area contributed by atoms with Gasteiger partial charge in [-0.1, -0.05) is 21.6 Å². The van der Waals surface area contributed by atoms with Gasteiger partial charge in [0, 0.05) is 38.2 Å². The number of fused-ring (bicyclic) bond motifs is 1. The van der Waals surface area contributed by atoms with Gasteiger partial charge in [0.25, 0.3) is 0 Å². The minimum absolute atomic E-state index is 0.204. The van der Waals surface area contributed by atoms with Gasteiger partial charge in [0.15, 0.2) is 0 Å². The number of aryl methyl sites for hydroxylation is 2. The summed E-state index contributed by atoms with van der Waals surface area (Å²) in [6, 6.07) is 2.06. The first-order valence-electron chi connectivity index (χ1n) is 10.9. The molecule has 2 aliphatic rings. The fourth-order valence-corrected chi connectivity index (χ4v) is 5.33. The fourth-order valence-electron chi connectivity index (χ4n) is 4.11. The first-order valence-corrected chi connectivity index (χ1v) is 12.0. The lowest BCUT2D eigenvalue weighted by Crippen LogP contribution is -2.32. The Morgan fingerprint density at radius 1 is 1.35 bits per heavy atom. The van der Waals surface area contributed by atoms with E-state index in [0.717, 1.165) is 73.2 Å². The molecule has 0 saturated carbocycles. The third-order valence-corrected chi connectivity index (χ3v) is 7.36. The lowest BCUT2D eigenvalue weighted by Gasteiger charge is -2.33. The molecule has 2 aromatic rings. The van der Waals surface area contributed by atoms with E-state index in [9.17, 15) is 4.79 Å². The predicted octanol–water partition coefficient (Wildman–Crippen LogP) is 2.78. The Bertz CT molecular complexity index is 1030. The van der Waals surface area contributed by atoms with Gasteiger partial charge in [0.2, 0.25) is 0 Å². The summed E-state index contributed by atoms with van der Waals surface area (Å²) in [5.41, 5.74) is 5.09. The van der Waals surface area contributed by atoms with Crippen molar-refractivity contribution in [3.8, 4) is 0 Å². The van der Waals surface area contributed by atoms with Crippen LogP contribution in [0.25, 0.3) is 10.8 Å². The molecule has 1 N–H and O–H groups in total. The molecule has 4 heterocycles. The minimum Gasteiger partial charge on any atom is -0.369 e. The number of aldehydes is 1. The molecule has 1 saturated heterocycles. The number of likely N-dealkylation sites (N-methyl/N-ethyl adjacent to an activating group) is 1. The Morgan fingerprint density at radius 3 is 3.00 bits per heavy atom. The van der Waals surface area contributed by atoms with Crippen LogP contribution in [0.3, 0.4) is 0 Å². The molecular formula is C23H31N6OP. The Balaban J connectivity index is 1.54. The monoisotopic (exact) mass is 438 g/mol. The van der Waals surface area contributed by atoms with Crippen LogP contribution >= 0.6 is 8.58 Å². The van der Waals surface area contributed by atoms with E-state index in [1.165, 1.54) is 5.70 Å². The third kappa shape index (κ3) is 4.89. The summed E-state index contributed by atoms with van der Waals surface area (Å²) in [7, 11) is 2.52. The molecule has 0 aliphatic carbocycles. The van der Waals surface area contributed by atoms with E-state index in [2.05, 4.69) is 58.5 Å². The molecule has 0 radical (unpaired) electrons. The maximum Gasteiger partial charge on any atom is 0.143 e. The van der Waals surface area contributed by atoms with E-state index in [1.54, 1.807) is 6.08 Å². The van der Waals surface area contributed by atoms with Gasteiger partial charge in [0.1, 0.15) is 6.29 Å². The molecule has 0 amide bonds. The summed E-state index contributed by atoms with van der Waals surface area (Å²) in [6.45, 7) is 8.30. The number of hydrogen-bond acceptors (Lipinski definition) is 6. The molecule has 2 aromatic heterocycles. The van der Waals surface area contributed by atoms with Crippen molar-refractivity contribution in [3.63, 3.8) is 0 Å². The summed E-state index contributed by atoms with van der Waals surface area (Å²) in [6.07, 6.45) is 13.2. The fraction of sp³-hybridized carbons (Fsp3) is 0.435. The van der Waals surface area contributed by atoms with Gasteiger partial charge < -0.3 is 15.1 Å². The van der Waals surface area contributed by atoms with Gasteiger partial charge in [-0.3, -0.25) is 9.78 Å². The molecule has 8 heteroatoms. The predicted molar refractivity (Wildman–Crippen MR) is 127 cm³/mol. The van der Waals surface area contributed by atoms with E-state index in [1.807, 2.05) is 17.6 Å². The summed E-state index contributed by atoms with van der Waals surface area (Å²) in [5.74, 6) is 0.204. The van der Waals surface area contributed by atoms with Crippen molar-refractivity contribution < 1.29 is 4.79 Å². The average molecular weight is 439 g/mol. The van der Waals surface area contributed by atoms with Crippen molar-refractivity contribution in [2.24, 2.45) is 0 Å². The highest BCUT2D eigenvalue weighted by atomic mass is 31.1. The van der Waals surface area contributed by atoms with Crippen molar-refractivity contribution in [2.75, 3.05) is 33.2 Å². The molecule has 31 heavy (non-hydrogen) atoms. The van der Waals surface area contributed by atoms with Crippen LogP contribution in [0, 0.1) is 6.92 Å². The first-order chi connectivity index (χ1) is 15.1. The van der Waals surface area contributed by atoms with Crippen LogP contribution in [0.4, 0.5) is 0 Å². The third-order valence-electron chi connectivity index (χ3n) is 5.73. The highest BCUT2D eigenvalue weighted by Crippen LogP contribution is 2.40. The molecule has 1 fully saturated rings. The van der Waals surface area contributed by atoms with Crippen LogP contribution in [0.1, 0.15) is 30.4 Å². The Kier molecular flexibility index (Phi) is 6.83. The van der Waals surface area contributed by atoms with Crippen LogP contribution in [0.15, 0.2) is 42.4 Å². The zero-order chi connectivity index (χ0) is 21.8. The molecule has 0 bridgehead atoms. The lowest BCUT2D eigenvalue weighted by molar-refractivity contribution is -0.104. The molecule has 0 spiro atoms. The first kappa shape index (κ1) is 21.7. The Morgan fingerprint density at radius 2 is 2.23 bits per heavy atom. The maximum absolute atomic E-state index is 11.4. The smallest absolute Gasteiger partial charge is 0.143 e. The highest BCUT2D eigenvalue weighted by Gasteiger charge is 2.21. The van der Waals surface area contributed by atoms with Crippen molar-refractivity contribution in [1.82, 2.24) is 29.7 Å². The molecule has 164 valence electrons. The van der Waals surface area contributed by atoms with Crippen LogP contribution in [-0.2, 0) is 11.2 Å². The second kappa shape index (κ2) is 9.75. The van der Waals surface area contributed by atoms with Crippen LogP contribution in [0.2, 0.25) is 0 Å². The van der Waals surface area contributed by atoms with Crippen molar-refractivity contribution in [3.05, 3.63) is 59.5 Å². The highest BCUT2D eigenvalue weighted by molar-refractivity contribution is 7.51.